The van der Waals surface area contributed by atoms with Crippen molar-refractivity contribution in [2.45, 2.75) is 25.9 Å². The van der Waals surface area contributed by atoms with Crippen LogP contribution in [0.15, 0.2) is 53.5 Å². The fraction of sp³-hybridized carbons (Fsp3) is 0.222. The van der Waals surface area contributed by atoms with Crippen molar-refractivity contribution in [2.75, 3.05) is 0 Å². The summed E-state index contributed by atoms with van der Waals surface area (Å²) in [6.45, 7) is 0.466. The van der Waals surface area contributed by atoms with Crippen molar-refractivity contribution in [3.05, 3.63) is 75.8 Å². The van der Waals surface area contributed by atoms with Crippen molar-refractivity contribution >= 4 is 18.1 Å². The molecule has 0 atom stereocenters. The Balaban J connectivity index is 0.00000156. The number of pyridine rings is 1. The number of ether oxygens (including phenoxy) is 1. The first-order valence-corrected chi connectivity index (χ1v) is 7.53. The lowest BCUT2D eigenvalue weighted by molar-refractivity contribution is 0.308. The number of fused-ring (bicyclic) bond motifs is 2. The van der Waals surface area contributed by atoms with Crippen molar-refractivity contribution in [2.24, 2.45) is 0 Å². The second kappa shape index (κ2) is 6.42. The maximum atomic E-state index is 12.5. The average molecular weight is 329 g/mol. The van der Waals surface area contributed by atoms with E-state index >= 15 is 0 Å². The Labute approximate surface area is 140 Å². The fourth-order valence-electron chi connectivity index (χ4n) is 2.96. The van der Waals surface area contributed by atoms with Gasteiger partial charge in [0, 0.05) is 11.8 Å². The zero-order valence-corrected chi connectivity index (χ0v) is 13.4. The van der Waals surface area contributed by atoms with Crippen molar-refractivity contribution in [1.29, 1.82) is 0 Å². The molecule has 1 aliphatic carbocycles. The molecule has 0 saturated carbocycles. The summed E-state index contributed by atoms with van der Waals surface area (Å²) in [5, 5.41) is 0. The number of aryl methyl sites for hydroxylation is 1. The lowest BCUT2D eigenvalue weighted by Gasteiger charge is -2.10. The number of hydrogen-bond acceptors (Lipinski definition) is 3. The third-order valence-electron chi connectivity index (χ3n) is 4.07. The summed E-state index contributed by atoms with van der Waals surface area (Å²) in [6.07, 6.45) is 4.49. The predicted molar refractivity (Wildman–Crippen MR) is 91.5 cm³/mol. The highest BCUT2D eigenvalue weighted by Crippen LogP contribution is 2.22. The maximum absolute atomic E-state index is 12.5. The van der Waals surface area contributed by atoms with Gasteiger partial charge in [0.1, 0.15) is 6.61 Å². The van der Waals surface area contributed by atoms with Gasteiger partial charge in [-0.3, -0.25) is 9.20 Å². The minimum atomic E-state index is 0. The molecule has 0 aliphatic heterocycles. The molecular weight excluding hydrogens is 312 g/mol. The van der Waals surface area contributed by atoms with Crippen LogP contribution in [0.4, 0.5) is 0 Å². The van der Waals surface area contributed by atoms with E-state index in [1.807, 2.05) is 42.5 Å². The molecule has 1 aromatic carbocycles. The molecule has 1 aliphatic rings. The second-order valence-electron chi connectivity index (χ2n) is 5.54. The number of halogens is 1. The molecule has 118 valence electrons. The quantitative estimate of drug-likeness (QED) is 0.741. The molecule has 2 heterocycles. The van der Waals surface area contributed by atoms with E-state index in [1.165, 1.54) is 0 Å². The van der Waals surface area contributed by atoms with Gasteiger partial charge < -0.3 is 4.74 Å². The van der Waals surface area contributed by atoms with Crippen LogP contribution in [0.3, 0.4) is 0 Å². The van der Waals surface area contributed by atoms with Crippen LogP contribution >= 0.6 is 12.4 Å². The molecule has 0 saturated heterocycles. The Kier molecular flexibility index (Phi) is 4.35. The highest BCUT2D eigenvalue weighted by molar-refractivity contribution is 5.85. The van der Waals surface area contributed by atoms with Gasteiger partial charge in [0.05, 0.1) is 5.69 Å². The van der Waals surface area contributed by atoms with E-state index in [4.69, 9.17) is 4.74 Å². The zero-order chi connectivity index (χ0) is 14.9. The van der Waals surface area contributed by atoms with Gasteiger partial charge in [-0.2, -0.15) is 0 Å². The number of nitrogens with zero attached hydrogens (tertiary/aromatic N) is 2. The summed E-state index contributed by atoms with van der Waals surface area (Å²) >= 11 is 0. The molecule has 4 rings (SSSR count). The zero-order valence-electron chi connectivity index (χ0n) is 12.6. The number of benzene rings is 1. The summed E-state index contributed by atoms with van der Waals surface area (Å²) < 4.78 is 7.50. The second-order valence-corrected chi connectivity index (χ2v) is 5.54. The highest BCUT2D eigenvalue weighted by atomic mass is 35.5. The Morgan fingerprint density at radius 3 is 2.74 bits per heavy atom. The van der Waals surface area contributed by atoms with Crippen LogP contribution in [0.25, 0.3) is 5.65 Å². The lowest BCUT2D eigenvalue weighted by Crippen LogP contribution is -2.20. The van der Waals surface area contributed by atoms with Crippen LogP contribution in [0, 0.1) is 0 Å². The molecule has 4 nitrogen and oxygen atoms in total. The maximum Gasteiger partial charge on any atom is 0.261 e. The van der Waals surface area contributed by atoms with Gasteiger partial charge in [0.2, 0.25) is 0 Å². The van der Waals surface area contributed by atoms with E-state index in [2.05, 4.69) is 4.98 Å². The molecule has 3 aromatic rings. The Hall–Kier alpha value is -2.33. The van der Waals surface area contributed by atoms with Crippen LogP contribution in [-0.4, -0.2) is 9.38 Å². The molecule has 0 spiro atoms. The van der Waals surface area contributed by atoms with Gasteiger partial charge in [-0.15, -0.1) is 12.4 Å². The Bertz CT molecular complexity index is 891. The van der Waals surface area contributed by atoms with Crippen LogP contribution in [0.5, 0.6) is 5.75 Å². The third kappa shape index (κ3) is 2.82. The van der Waals surface area contributed by atoms with E-state index in [-0.39, 0.29) is 18.0 Å². The standard InChI is InChI=1S/C18H16N2O2.ClH/c21-18-14-8-4-9-15(14)19-17-16(10-5-11-20(17)18)22-12-13-6-2-1-3-7-13;/h1-3,5-7,10-11H,4,8-9,12H2;1H. The molecule has 23 heavy (non-hydrogen) atoms. The highest BCUT2D eigenvalue weighted by Gasteiger charge is 2.19. The molecule has 2 aromatic heterocycles. The van der Waals surface area contributed by atoms with E-state index in [0.717, 1.165) is 36.1 Å². The third-order valence-corrected chi connectivity index (χ3v) is 4.07. The van der Waals surface area contributed by atoms with E-state index in [0.29, 0.717) is 18.0 Å². The van der Waals surface area contributed by atoms with Crippen LogP contribution in [0.2, 0.25) is 0 Å². The van der Waals surface area contributed by atoms with Gasteiger partial charge in [-0.05, 0) is 37.0 Å². The first-order chi connectivity index (χ1) is 10.8. The SMILES string of the molecule is Cl.O=c1c2c(nc3c(OCc4ccccc4)cccn13)CCC2. The first kappa shape index (κ1) is 15.6. The minimum Gasteiger partial charge on any atom is -0.485 e. The van der Waals surface area contributed by atoms with Crippen molar-refractivity contribution in [1.82, 2.24) is 9.38 Å². The number of rotatable bonds is 3. The van der Waals surface area contributed by atoms with Gasteiger partial charge in [-0.25, -0.2) is 4.98 Å². The molecule has 0 unspecified atom stereocenters. The molecular formula is C18H17ClN2O2. The Morgan fingerprint density at radius 1 is 1.09 bits per heavy atom. The van der Waals surface area contributed by atoms with Crippen molar-refractivity contribution in [3.63, 3.8) is 0 Å². The van der Waals surface area contributed by atoms with Gasteiger partial charge in [-0.1, -0.05) is 30.3 Å². The summed E-state index contributed by atoms with van der Waals surface area (Å²) in [4.78, 5) is 17.2. The molecule has 0 radical (unpaired) electrons. The summed E-state index contributed by atoms with van der Waals surface area (Å²) in [6, 6.07) is 13.7. The van der Waals surface area contributed by atoms with Crippen LogP contribution in [0.1, 0.15) is 23.2 Å². The van der Waals surface area contributed by atoms with E-state index in [9.17, 15) is 4.79 Å². The van der Waals surface area contributed by atoms with E-state index < -0.39 is 0 Å². The summed E-state index contributed by atoms with van der Waals surface area (Å²) in [7, 11) is 0. The average Bonchev–Trinajstić information content (AvgIpc) is 3.03. The molecule has 0 bridgehead atoms. The normalized spacial score (nSPS) is 12.7. The molecule has 5 heteroatoms. The van der Waals surface area contributed by atoms with Crippen LogP contribution < -0.4 is 10.3 Å². The van der Waals surface area contributed by atoms with Gasteiger partial charge in [0.15, 0.2) is 11.4 Å². The largest absolute Gasteiger partial charge is 0.485 e. The smallest absolute Gasteiger partial charge is 0.261 e. The summed E-state index contributed by atoms with van der Waals surface area (Å²) in [5.41, 5.74) is 3.54. The van der Waals surface area contributed by atoms with Gasteiger partial charge in [0.25, 0.3) is 5.56 Å². The van der Waals surface area contributed by atoms with E-state index in [1.54, 1.807) is 10.6 Å². The number of aromatic nitrogens is 2. The predicted octanol–water partition coefficient (Wildman–Crippen LogP) is 3.18. The lowest BCUT2D eigenvalue weighted by atomic mass is 10.2. The topological polar surface area (TPSA) is 43.6 Å². The molecule has 0 amide bonds. The number of hydrogen-bond donors (Lipinski definition) is 0. The van der Waals surface area contributed by atoms with Crippen molar-refractivity contribution in [3.8, 4) is 5.75 Å². The van der Waals surface area contributed by atoms with Crippen LogP contribution in [-0.2, 0) is 19.4 Å². The Morgan fingerprint density at radius 2 is 1.91 bits per heavy atom. The first-order valence-electron chi connectivity index (χ1n) is 7.53. The van der Waals surface area contributed by atoms with Crippen molar-refractivity contribution < 1.29 is 4.74 Å². The molecule has 0 fully saturated rings. The summed E-state index contributed by atoms with van der Waals surface area (Å²) in [5.74, 6) is 0.651. The molecule has 0 N–H and O–H groups in total. The fourth-order valence-corrected chi connectivity index (χ4v) is 2.96. The van der Waals surface area contributed by atoms with Gasteiger partial charge >= 0.3 is 0 Å². The monoisotopic (exact) mass is 328 g/mol. The minimum absolute atomic E-state index is 0.